The molecule has 0 aliphatic heterocycles. The van der Waals surface area contributed by atoms with Gasteiger partial charge in [-0.1, -0.05) is 96.1 Å². The third-order valence-electron chi connectivity index (χ3n) is 5.47. The van der Waals surface area contributed by atoms with Crippen molar-refractivity contribution in [2.24, 2.45) is 0 Å². The van der Waals surface area contributed by atoms with Gasteiger partial charge in [0, 0.05) is 0 Å². The topological polar surface area (TPSA) is 12.9 Å². The first-order valence-corrected chi connectivity index (χ1v) is 13.5. The summed E-state index contributed by atoms with van der Waals surface area (Å²) in [5.74, 6) is 0. The molecule has 0 spiro atoms. The Morgan fingerprint density at radius 3 is 1.65 bits per heavy atom. The number of thiazole rings is 1. The second-order valence-electron chi connectivity index (χ2n) is 9.57. The standard InChI is InChI=1S/C19H42N.C7H5NS2.Na.H/c1-5-6-7-8-9-10-11-12-13-14-15-16-17-18-19-20(2,3)4;9-7-8-5-3-1-2-4-6(5)10-7;;/h5-19H2,1-4H3;1-4H,(H,8,9);;/q+1;;;. The predicted molar refractivity (Wildman–Crippen MR) is 147 cm³/mol. The van der Waals surface area contributed by atoms with E-state index >= 15 is 0 Å². The maximum atomic E-state index is 4.20. The van der Waals surface area contributed by atoms with Crippen molar-refractivity contribution in [1.82, 2.24) is 4.98 Å². The zero-order valence-electron chi connectivity index (χ0n) is 20.2. The van der Waals surface area contributed by atoms with Gasteiger partial charge in [0.25, 0.3) is 0 Å². The molecule has 1 aromatic heterocycles. The third-order valence-corrected chi connectivity index (χ3v) is 6.68. The first-order chi connectivity index (χ1) is 14.4. The monoisotopic (exact) mass is 475 g/mol. The molecule has 174 valence electrons. The minimum absolute atomic E-state index is 0. The van der Waals surface area contributed by atoms with E-state index in [-0.39, 0.29) is 29.6 Å². The molecule has 0 saturated heterocycles. The number of nitrogens with zero attached hydrogens (tertiary/aromatic N) is 2. The van der Waals surface area contributed by atoms with E-state index < -0.39 is 0 Å². The Bertz CT molecular complexity index is 619. The summed E-state index contributed by atoms with van der Waals surface area (Å²) in [6.07, 6.45) is 20.4. The molecule has 2 nitrogen and oxygen atoms in total. The van der Waals surface area contributed by atoms with Gasteiger partial charge in [0.1, 0.15) is 4.34 Å². The van der Waals surface area contributed by atoms with E-state index in [1.54, 1.807) is 11.3 Å². The summed E-state index contributed by atoms with van der Waals surface area (Å²) in [7, 11) is 6.88. The van der Waals surface area contributed by atoms with E-state index in [0.29, 0.717) is 0 Å². The molecule has 0 amide bonds. The number of fused-ring (bicyclic) bond motifs is 1. The van der Waals surface area contributed by atoms with Crippen LogP contribution in [0.1, 0.15) is 96.8 Å². The van der Waals surface area contributed by atoms with Crippen molar-refractivity contribution >= 4 is 63.7 Å². The number of unbranched alkanes of at least 4 members (excludes halogenated alkanes) is 13. The van der Waals surface area contributed by atoms with Gasteiger partial charge in [0.15, 0.2) is 0 Å². The Hall–Kier alpha value is 0.420. The van der Waals surface area contributed by atoms with Crippen LogP contribution in [0, 0.1) is 0 Å². The molecule has 31 heavy (non-hydrogen) atoms. The average Bonchev–Trinajstić information content (AvgIpc) is 3.08. The van der Waals surface area contributed by atoms with Gasteiger partial charge in [-0.05, 0) is 25.0 Å². The van der Waals surface area contributed by atoms with Crippen LogP contribution in [0.3, 0.4) is 0 Å². The molecule has 0 bridgehead atoms. The molecule has 0 N–H and O–H groups in total. The molecular weight excluding hydrogens is 427 g/mol. The van der Waals surface area contributed by atoms with E-state index in [9.17, 15) is 0 Å². The fourth-order valence-electron chi connectivity index (χ4n) is 3.64. The Kier molecular flexibility index (Phi) is 20.1. The zero-order valence-corrected chi connectivity index (χ0v) is 21.9. The van der Waals surface area contributed by atoms with Crippen LogP contribution in [0.5, 0.6) is 0 Å². The Morgan fingerprint density at radius 2 is 1.19 bits per heavy atom. The minimum atomic E-state index is 0. The van der Waals surface area contributed by atoms with Gasteiger partial charge in [-0.25, -0.2) is 4.98 Å². The van der Waals surface area contributed by atoms with Crippen LogP contribution in [0.25, 0.3) is 10.2 Å². The first-order valence-electron chi connectivity index (χ1n) is 12.3. The summed E-state index contributed by atoms with van der Waals surface area (Å²) in [4.78, 5) is 4.20. The molecular formula is C26H48N2NaS2+. The van der Waals surface area contributed by atoms with Crippen molar-refractivity contribution < 1.29 is 4.48 Å². The maximum absolute atomic E-state index is 4.20. The SMILES string of the molecule is CCCCCCCCCCCCCCCC[N+](C)(C)C.Sc1nc2ccccc2s1.[NaH]. The number of hydrogen-bond donors (Lipinski definition) is 1. The quantitative estimate of drug-likeness (QED) is 0.119. The van der Waals surface area contributed by atoms with Gasteiger partial charge in [-0.15, -0.1) is 24.0 Å². The number of aromatic nitrogens is 1. The van der Waals surface area contributed by atoms with Crippen molar-refractivity contribution in [2.45, 2.75) is 101 Å². The summed E-state index contributed by atoms with van der Waals surface area (Å²) in [5, 5.41) is 0. The van der Waals surface area contributed by atoms with E-state index in [1.165, 1.54) is 101 Å². The molecule has 0 unspecified atom stereocenters. The number of benzene rings is 1. The summed E-state index contributed by atoms with van der Waals surface area (Å²) in [6, 6.07) is 8.03. The molecule has 2 aromatic rings. The van der Waals surface area contributed by atoms with Crippen LogP contribution in [0.15, 0.2) is 28.6 Å². The Labute approximate surface area is 224 Å². The van der Waals surface area contributed by atoms with Gasteiger partial charge in [0.2, 0.25) is 0 Å². The number of para-hydroxylation sites is 1. The fraction of sp³-hybridized carbons (Fsp3) is 0.731. The third kappa shape index (κ3) is 18.5. The van der Waals surface area contributed by atoms with Crippen LogP contribution in [0.2, 0.25) is 0 Å². The molecule has 0 aliphatic rings. The van der Waals surface area contributed by atoms with Gasteiger partial charge >= 0.3 is 29.6 Å². The van der Waals surface area contributed by atoms with E-state index in [0.717, 1.165) is 14.3 Å². The molecule has 1 heterocycles. The number of rotatable bonds is 15. The normalized spacial score (nSPS) is 11.1. The van der Waals surface area contributed by atoms with Gasteiger partial charge in [-0.3, -0.25) is 0 Å². The van der Waals surface area contributed by atoms with Crippen LogP contribution < -0.4 is 0 Å². The molecule has 5 heteroatoms. The summed E-state index contributed by atoms with van der Waals surface area (Å²) in [6.45, 7) is 3.63. The fourth-order valence-corrected chi connectivity index (χ4v) is 4.75. The number of thiol groups is 1. The second-order valence-corrected chi connectivity index (χ2v) is 11.3. The average molecular weight is 476 g/mol. The number of quaternary nitrogens is 1. The van der Waals surface area contributed by atoms with E-state index in [4.69, 9.17) is 0 Å². The van der Waals surface area contributed by atoms with E-state index in [2.05, 4.69) is 45.7 Å². The van der Waals surface area contributed by atoms with Crippen LogP contribution in [-0.2, 0) is 0 Å². The molecule has 0 atom stereocenters. The van der Waals surface area contributed by atoms with Crippen LogP contribution >= 0.6 is 24.0 Å². The summed E-state index contributed by atoms with van der Waals surface area (Å²) >= 11 is 5.76. The molecule has 0 radical (unpaired) electrons. The van der Waals surface area contributed by atoms with E-state index in [1.807, 2.05) is 24.3 Å². The summed E-state index contributed by atoms with van der Waals surface area (Å²) in [5.41, 5.74) is 1.04. The zero-order chi connectivity index (χ0) is 22.1. The molecule has 2 rings (SSSR count). The first kappa shape index (κ1) is 31.4. The van der Waals surface area contributed by atoms with Gasteiger partial charge in [0.05, 0.1) is 37.9 Å². The predicted octanol–water partition coefficient (Wildman–Crippen LogP) is 8.11. The van der Waals surface area contributed by atoms with Crippen LogP contribution in [0.4, 0.5) is 0 Å². The molecule has 0 saturated carbocycles. The molecule has 1 aromatic carbocycles. The Morgan fingerprint density at radius 1 is 0.742 bits per heavy atom. The summed E-state index contributed by atoms with van der Waals surface area (Å²) < 4.78 is 3.16. The van der Waals surface area contributed by atoms with Crippen molar-refractivity contribution in [2.75, 3.05) is 27.7 Å². The van der Waals surface area contributed by atoms with Gasteiger partial charge < -0.3 is 4.48 Å². The molecule has 0 aliphatic carbocycles. The second kappa shape index (κ2) is 19.9. The van der Waals surface area contributed by atoms with Crippen LogP contribution in [-0.4, -0.2) is 66.7 Å². The number of hydrogen-bond acceptors (Lipinski definition) is 3. The van der Waals surface area contributed by atoms with Crippen molar-refractivity contribution in [3.63, 3.8) is 0 Å². The Balaban J connectivity index is 0.000000675. The van der Waals surface area contributed by atoms with Crippen molar-refractivity contribution in [1.29, 1.82) is 0 Å². The van der Waals surface area contributed by atoms with Crippen molar-refractivity contribution in [3.05, 3.63) is 24.3 Å². The van der Waals surface area contributed by atoms with Crippen molar-refractivity contribution in [3.8, 4) is 0 Å². The molecule has 0 fully saturated rings. The van der Waals surface area contributed by atoms with Gasteiger partial charge in [-0.2, -0.15) is 0 Å².